The highest BCUT2D eigenvalue weighted by molar-refractivity contribution is 5.78. The predicted octanol–water partition coefficient (Wildman–Crippen LogP) is 1.09. The molecule has 0 radical (unpaired) electrons. The zero-order valence-electron chi connectivity index (χ0n) is 17.6. The molecule has 160 valence electrons. The zero-order chi connectivity index (χ0) is 20.5. The number of aromatic nitrogens is 4. The number of fused-ring (bicyclic) bond motifs is 4. The lowest BCUT2D eigenvalue weighted by Crippen LogP contribution is -2.65. The van der Waals surface area contributed by atoms with E-state index >= 15 is 0 Å². The van der Waals surface area contributed by atoms with E-state index < -0.39 is 0 Å². The van der Waals surface area contributed by atoms with Gasteiger partial charge >= 0.3 is 0 Å². The van der Waals surface area contributed by atoms with E-state index in [1.807, 2.05) is 31.2 Å². The van der Waals surface area contributed by atoms with Crippen molar-refractivity contribution in [2.24, 2.45) is 11.8 Å². The molecule has 8 heteroatoms. The smallest absolute Gasteiger partial charge is 0.224 e. The maximum atomic E-state index is 12.7. The van der Waals surface area contributed by atoms with Gasteiger partial charge in [-0.3, -0.25) is 9.69 Å². The van der Waals surface area contributed by atoms with Gasteiger partial charge in [0.2, 0.25) is 5.91 Å². The van der Waals surface area contributed by atoms with Crippen molar-refractivity contribution in [1.82, 2.24) is 35.7 Å². The molecule has 4 atom stereocenters. The van der Waals surface area contributed by atoms with Crippen LogP contribution in [0.25, 0.3) is 5.69 Å². The Morgan fingerprint density at radius 1 is 1.20 bits per heavy atom. The molecule has 3 aliphatic rings. The molecule has 3 saturated heterocycles. The van der Waals surface area contributed by atoms with Crippen LogP contribution in [0, 0.1) is 18.8 Å². The molecule has 0 spiro atoms. The molecule has 3 aliphatic heterocycles. The topological polar surface area (TPSA) is 88.0 Å². The van der Waals surface area contributed by atoms with Crippen LogP contribution in [0.15, 0.2) is 24.3 Å². The minimum Gasteiger partial charge on any atom is -0.354 e. The SMILES string of the molecule is Cc1nnnn1-c1ccc(CC(=O)NC[C@H]2[C@@H]3CNC[C@@H](C3)[C@@H]3CCCCN32)cc1. The van der Waals surface area contributed by atoms with E-state index in [4.69, 9.17) is 0 Å². The van der Waals surface area contributed by atoms with Crippen molar-refractivity contribution in [1.29, 1.82) is 0 Å². The first-order chi connectivity index (χ1) is 14.7. The van der Waals surface area contributed by atoms with Crippen LogP contribution in [0.4, 0.5) is 0 Å². The highest BCUT2D eigenvalue weighted by Gasteiger charge is 2.45. The number of piperidine rings is 3. The highest BCUT2D eigenvalue weighted by atomic mass is 16.1. The standard InChI is InChI=1S/C22H31N7O/c1-15-25-26-27-29(15)19-7-5-16(6-8-19)10-22(30)24-14-21-18-11-17(12-23-13-18)20-4-2-3-9-28(20)21/h5-8,17-18,20-21,23H,2-4,9-14H2,1H3,(H,24,30)/t17-,18+,20+,21+/m1/s1. The first kappa shape index (κ1) is 19.6. The molecule has 2 N–H and O–H groups in total. The molecule has 2 aromatic rings. The second kappa shape index (κ2) is 8.43. The van der Waals surface area contributed by atoms with Crippen molar-refractivity contribution in [3.63, 3.8) is 0 Å². The van der Waals surface area contributed by atoms with Gasteiger partial charge in [0.1, 0.15) is 0 Å². The maximum Gasteiger partial charge on any atom is 0.224 e. The second-order valence-corrected chi connectivity index (χ2v) is 9.07. The molecule has 30 heavy (non-hydrogen) atoms. The Balaban J connectivity index is 1.19. The summed E-state index contributed by atoms with van der Waals surface area (Å²) in [6.45, 7) is 6.06. The summed E-state index contributed by atoms with van der Waals surface area (Å²) in [6.07, 6.45) is 5.67. The summed E-state index contributed by atoms with van der Waals surface area (Å²) in [4.78, 5) is 15.4. The summed E-state index contributed by atoms with van der Waals surface area (Å²) in [5.74, 6) is 2.28. The number of rotatable bonds is 5. The van der Waals surface area contributed by atoms with Crippen molar-refractivity contribution in [2.75, 3.05) is 26.2 Å². The van der Waals surface area contributed by atoms with Gasteiger partial charge in [0, 0.05) is 18.6 Å². The van der Waals surface area contributed by atoms with Gasteiger partial charge in [-0.05, 0) is 85.8 Å². The van der Waals surface area contributed by atoms with E-state index in [2.05, 4.69) is 31.1 Å². The maximum absolute atomic E-state index is 12.7. The normalized spacial score (nSPS) is 28.7. The number of nitrogens with one attached hydrogen (secondary N) is 2. The van der Waals surface area contributed by atoms with Gasteiger partial charge in [0.05, 0.1) is 12.1 Å². The molecule has 2 bridgehead atoms. The predicted molar refractivity (Wildman–Crippen MR) is 113 cm³/mol. The largest absolute Gasteiger partial charge is 0.354 e. The number of carbonyl (C=O) groups excluding carboxylic acids is 1. The van der Waals surface area contributed by atoms with Gasteiger partial charge in [-0.1, -0.05) is 18.6 Å². The Labute approximate surface area is 177 Å². The van der Waals surface area contributed by atoms with Crippen molar-refractivity contribution < 1.29 is 4.79 Å². The first-order valence-electron chi connectivity index (χ1n) is 11.3. The molecule has 1 amide bonds. The molecule has 0 unspecified atom stereocenters. The molecule has 5 rings (SSSR count). The molecule has 1 aromatic heterocycles. The number of carbonyl (C=O) groups is 1. The molecule has 0 aliphatic carbocycles. The number of benzene rings is 1. The molecular formula is C22H31N7O. The van der Waals surface area contributed by atoms with Crippen LogP contribution in [-0.4, -0.2) is 69.3 Å². The minimum atomic E-state index is 0.0980. The second-order valence-electron chi connectivity index (χ2n) is 9.07. The van der Waals surface area contributed by atoms with Gasteiger partial charge in [0.15, 0.2) is 5.82 Å². The average molecular weight is 410 g/mol. The van der Waals surface area contributed by atoms with Crippen LogP contribution in [0.2, 0.25) is 0 Å². The molecule has 3 fully saturated rings. The average Bonchev–Trinajstić information content (AvgIpc) is 3.20. The fraction of sp³-hybridized carbons (Fsp3) is 0.636. The summed E-state index contributed by atoms with van der Waals surface area (Å²) in [5, 5.41) is 18.5. The van der Waals surface area contributed by atoms with Crippen molar-refractivity contribution >= 4 is 5.91 Å². The highest BCUT2D eigenvalue weighted by Crippen LogP contribution is 2.38. The summed E-state index contributed by atoms with van der Waals surface area (Å²) in [5.41, 5.74) is 1.90. The Hall–Kier alpha value is -2.32. The van der Waals surface area contributed by atoms with E-state index in [0.717, 1.165) is 42.6 Å². The molecule has 4 heterocycles. The summed E-state index contributed by atoms with van der Waals surface area (Å²) in [7, 11) is 0. The van der Waals surface area contributed by atoms with Gasteiger partial charge in [-0.25, -0.2) is 0 Å². The minimum absolute atomic E-state index is 0.0980. The fourth-order valence-electron chi connectivity index (χ4n) is 5.74. The third kappa shape index (κ3) is 3.86. The van der Waals surface area contributed by atoms with Gasteiger partial charge in [0.25, 0.3) is 0 Å². The van der Waals surface area contributed by atoms with E-state index in [1.165, 1.54) is 32.2 Å². The summed E-state index contributed by atoms with van der Waals surface area (Å²) < 4.78 is 1.69. The number of hydrogen-bond acceptors (Lipinski definition) is 6. The third-order valence-corrected chi connectivity index (χ3v) is 7.20. The van der Waals surface area contributed by atoms with Gasteiger partial charge in [-0.15, -0.1) is 5.10 Å². The lowest BCUT2D eigenvalue weighted by Gasteiger charge is -2.55. The lowest BCUT2D eigenvalue weighted by atomic mass is 9.73. The van der Waals surface area contributed by atoms with Crippen molar-refractivity contribution in [2.45, 2.75) is 51.1 Å². The Morgan fingerprint density at radius 2 is 2.03 bits per heavy atom. The number of tetrazole rings is 1. The van der Waals surface area contributed by atoms with Crippen LogP contribution >= 0.6 is 0 Å². The van der Waals surface area contributed by atoms with Crippen molar-refractivity contribution in [3.8, 4) is 5.69 Å². The molecular weight excluding hydrogens is 378 g/mol. The number of hydrogen-bond donors (Lipinski definition) is 2. The van der Waals surface area contributed by atoms with Crippen LogP contribution < -0.4 is 10.6 Å². The van der Waals surface area contributed by atoms with E-state index in [9.17, 15) is 4.79 Å². The van der Waals surface area contributed by atoms with E-state index in [1.54, 1.807) is 4.68 Å². The van der Waals surface area contributed by atoms with Crippen LogP contribution in [0.3, 0.4) is 0 Å². The van der Waals surface area contributed by atoms with Crippen molar-refractivity contribution in [3.05, 3.63) is 35.7 Å². The Kier molecular flexibility index (Phi) is 5.52. The number of nitrogens with zero attached hydrogens (tertiary/aromatic N) is 5. The molecule has 0 saturated carbocycles. The Bertz CT molecular complexity index is 880. The third-order valence-electron chi connectivity index (χ3n) is 7.20. The van der Waals surface area contributed by atoms with E-state index in [0.29, 0.717) is 24.4 Å². The zero-order valence-corrected chi connectivity index (χ0v) is 17.6. The first-order valence-corrected chi connectivity index (χ1v) is 11.3. The quantitative estimate of drug-likeness (QED) is 0.769. The van der Waals surface area contributed by atoms with E-state index in [-0.39, 0.29) is 5.91 Å². The number of aryl methyl sites for hydroxylation is 1. The fourth-order valence-corrected chi connectivity index (χ4v) is 5.74. The molecule has 1 aromatic carbocycles. The van der Waals surface area contributed by atoms with Gasteiger partial charge in [-0.2, -0.15) is 4.68 Å². The van der Waals surface area contributed by atoms with Crippen LogP contribution in [0.1, 0.15) is 37.1 Å². The summed E-state index contributed by atoms with van der Waals surface area (Å²) >= 11 is 0. The number of amides is 1. The van der Waals surface area contributed by atoms with Crippen LogP contribution in [0.5, 0.6) is 0 Å². The lowest BCUT2D eigenvalue weighted by molar-refractivity contribution is -0.121. The summed E-state index contributed by atoms with van der Waals surface area (Å²) in [6, 6.07) is 9.04. The van der Waals surface area contributed by atoms with Gasteiger partial charge < -0.3 is 10.6 Å². The molecule has 8 nitrogen and oxygen atoms in total. The van der Waals surface area contributed by atoms with Crippen LogP contribution in [-0.2, 0) is 11.2 Å². The monoisotopic (exact) mass is 409 g/mol. The Morgan fingerprint density at radius 3 is 2.83 bits per heavy atom.